The van der Waals surface area contributed by atoms with Crippen LogP contribution in [0.2, 0.25) is 0 Å². The van der Waals surface area contributed by atoms with Gasteiger partial charge in [0, 0.05) is 23.9 Å². The zero-order chi connectivity index (χ0) is 24.8. The van der Waals surface area contributed by atoms with Gasteiger partial charge in [0.1, 0.15) is 11.8 Å². The Hall–Kier alpha value is -3.21. The summed E-state index contributed by atoms with van der Waals surface area (Å²) < 4.78 is 6.82. The fraction of sp³-hybridized carbons (Fsp3) is 0.308. The number of thiazole rings is 1. The largest absolute Gasteiger partial charge is 0.378 e. The van der Waals surface area contributed by atoms with Gasteiger partial charge >= 0.3 is 4.87 Å². The molecule has 3 aromatic rings. The molecule has 2 fully saturated rings. The number of para-hydroxylation sites is 1. The SMILES string of the molecule is O=C(Cn1c2c(sc1=O)[C@H](c1ccccc1)C1C(=O)N(c3ccccc3)C(=O)C1S2)N1CCOCC1. The van der Waals surface area contributed by atoms with Crippen molar-refractivity contribution in [2.45, 2.75) is 22.7 Å². The molecule has 3 aliphatic heterocycles. The number of thioether (sulfide) groups is 1. The number of carbonyl (C=O) groups is 3. The first kappa shape index (κ1) is 23.2. The lowest BCUT2D eigenvalue weighted by Crippen LogP contribution is -2.43. The molecule has 3 aliphatic rings. The molecule has 3 atom stereocenters. The van der Waals surface area contributed by atoms with E-state index in [1.165, 1.54) is 21.2 Å². The van der Waals surface area contributed by atoms with Crippen LogP contribution in [0.25, 0.3) is 0 Å². The number of carbonyl (C=O) groups excluding carboxylic acids is 3. The van der Waals surface area contributed by atoms with E-state index in [1.807, 2.05) is 36.4 Å². The summed E-state index contributed by atoms with van der Waals surface area (Å²) in [4.78, 5) is 57.0. The number of rotatable bonds is 4. The lowest BCUT2D eigenvalue weighted by molar-refractivity contribution is -0.136. The second-order valence-corrected chi connectivity index (χ2v) is 11.0. The molecule has 10 heteroatoms. The lowest BCUT2D eigenvalue weighted by atomic mass is 9.83. The highest BCUT2D eigenvalue weighted by Crippen LogP contribution is 2.53. The maximum absolute atomic E-state index is 13.8. The molecule has 0 spiro atoms. The van der Waals surface area contributed by atoms with E-state index in [4.69, 9.17) is 4.74 Å². The summed E-state index contributed by atoms with van der Waals surface area (Å²) in [6.45, 7) is 1.83. The third-order valence-corrected chi connectivity index (χ3v) is 9.48. The van der Waals surface area contributed by atoms with Gasteiger partial charge < -0.3 is 9.64 Å². The van der Waals surface area contributed by atoms with Gasteiger partial charge in [-0.1, -0.05) is 71.6 Å². The predicted octanol–water partition coefficient (Wildman–Crippen LogP) is 2.56. The van der Waals surface area contributed by atoms with Crippen LogP contribution >= 0.6 is 23.1 Å². The summed E-state index contributed by atoms with van der Waals surface area (Å²) in [5.74, 6) is -1.80. The Morgan fingerprint density at radius 1 is 0.917 bits per heavy atom. The second kappa shape index (κ2) is 9.34. The fourth-order valence-electron chi connectivity index (χ4n) is 5.15. The van der Waals surface area contributed by atoms with Crippen LogP contribution in [-0.4, -0.2) is 58.7 Å². The molecule has 0 N–H and O–H groups in total. The standard InChI is InChI=1S/C26H23N3O5S2/c30-18(27-11-13-34-14-12-27)15-28-25-22(36-26(28)33)19(16-7-3-1-4-8-16)20-21(35-25)24(32)29(23(20)31)17-9-5-2-6-10-17/h1-10,19-21H,11-15H2/t19-,20?,21?/m1/s1. The molecule has 0 bridgehead atoms. The fourth-order valence-corrected chi connectivity index (χ4v) is 7.93. The van der Waals surface area contributed by atoms with Crippen molar-refractivity contribution >= 4 is 46.5 Å². The number of nitrogens with zero attached hydrogens (tertiary/aromatic N) is 3. The number of hydrogen-bond acceptors (Lipinski definition) is 7. The maximum Gasteiger partial charge on any atom is 0.308 e. The van der Waals surface area contributed by atoms with Crippen LogP contribution in [0.5, 0.6) is 0 Å². The first-order valence-corrected chi connectivity index (χ1v) is 13.5. The van der Waals surface area contributed by atoms with Crippen molar-refractivity contribution in [2.24, 2.45) is 5.92 Å². The molecule has 36 heavy (non-hydrogen) atoms. The Balaban J connectivity index is 1.43. The topological polar surface area (TPSA) is 88.9 Å². The average molecular weight is 522 g/mol. The predicted molar refractivity (Wildman–Crippen MR) is 136 cm³/mol. The molecule has 0 saturated carbocycles. The van der Waals surface area contributed by atoms with Gasteiger partial charge in [-0.3, -0.25) is 23.7 Å². The maximum atomic E-state index is 13.8. The molecular weight excluding hydrogens is 498 g/mol. The van der Waals surface area contributed by atoms with Gasteiger partial charge in [-0.2, -0.15) is 0 Å². The number of fused-ring (bicyclic) bond motifs is 2. The minimum absolute atomic E-state index is 0.0961. The van der Waals surface area contributed by atoms with Crippen molar-refractivity contribution in [1.82, 2.24) is 9.47 Å². The normalized spacial score (nSPS) is 23.5. The summed E-state index contributed by atoms with van der Waals surface area (Å²) in [6, 6.07) is 18.5. The smallest absolute Gasteiger partial charge is 0.308 e. The summed E-state index contributed by atoms with van der Waals surface area (Å²) in [5, 5.41) is -0.0769. The molecule has 0 aliphatic carbocycles. The molecule has 6 rings (SSSR count). The van der Waals surface area contributed by atoms with Gasteiger partial charge in [0.25, 0.3) is 0 Å². The molecule has 1 aromatic heterocycles. The van der Waals surface area contributed by atoms with Crippen LogP contribution in [0.3, 0.4) is 0 Å². The van der Waals surface area contributed by atoms with E-state index in [0.717, 1.165) is 21.8 Å². The Morgan fingerprint density at radius 3 is 2.28 bits per heavy atom. The van der Waals surface area contributed by atoms with Crippen molar-refractivity contribution < 1.29 is 19.1 Å². The first-order chi connectivity index (χ1) is 17.5. The Bertz CT molecular complexity index is 1380. The van der Waals surface area contributed by atoms with Gasteiger partial charge in [-0.15, -0.1) is 0 Å². The van der Waals surface area contributed by atoms with Gasteiger partial charge in [0.15, 0.2) is 0 Å². The number of anilines is 1. The Kier molecular flexibility index (Phi) is 6.02. The van der Waals surface area contributed by atoms with Crippen molar-refractivity contribution in [1.29, 1.82) is 0 Å². The molecule has 2 saturated heterocycles. The van der Waals surface area contributed by atoms with Crippen molar-refractivity contribution in [3.8, 4) is 0 Å². The number of hydrogen-bond donors (Lipinski definition) is 0. The van der Waals surface area contributed by atoms with Crippen LogP contribution in [0.4, 0.5) is 5.69 Å². The molecule has 3 amide bonds. The van der Waals surface area contributed by atoms with Gasteiger partial charge in [-0.05, 0) is 17.7 Å². The van der Waals surface area contributed by atoms with Gasteiger partial charge in [0.2, 0.25) is 17.7 Å². The molecule has 8 nitrogen and oxygen atoms in total. The Labute approximate surface area is 215 Å². The van der Waals surface area contributed by atoms with Crippen LogP contribution in [0.15, 0.2) is 70.5 Å². The van der Waals surface area contributed by atoms with Gasteiger partial charge in [0.05, 0.1) is 29.8 Å². The zero-order valence-corrected chi connectivity index (χ0v) is 20.9. The monoisotopic (exact) mass is 521 g/mol. The number of aromatic nitrogens is 1. The molecular formula is C26H23N3O5S2. The highest BCUT2D eigenvalue weighted by molar-refractivity contribution is 8.00. The van der Waals surface area contributed by atoms with Gasteiger partial charge in [-0.25, -0.2) is 4.90 Å². The van der Waals surface area contributed by atoms with E-state index in [9.17, 15) is 19.2 Å². The first-order valence-electron chi connectivity index (χ1n) is 11.8. The number of morpholine rings is 1. The minimum Gasteiger partial charge on any atom is -0.378 e. The second-order valence-electron chi connectivity index (χ2n) is 8.92. The molecule has 2 unspecified atom stereocenters. The van der Waals surface area contributed by atoms with E-state index < -0.39 is 17.1 Å². The lowest BCUT2D eigenvalue weighted by Gasteiger charge is -2.31. The van der Waals surface area contributed by atoms with Crippen molar-refractivity contribution in [2.75, 3.05) is 31.2 Å². The highest BCUT2D eigenvalue weighted by atomic mass is 32.2. The minimum atomic E-state index is -0.686. The molecule has 4 heterocycles. The molecule has 2 aromatic carbocycles. The van der Waals surface area contributed by atoms with E-state index in [2.05, 4.69) is 0 Å². The number of amides is 3. The van der Waals surface area contributed by atoms with Crippen molar-refractivity contribution in [3.05, 3.63) is 80.8 Å². The third kappa shape index (κ3) is 3.80. The number of imide groups is 1. The third-order valence-electron chi connectivity index (χ3n) is 6.88. The van der Waals surface area contributed by atoms with E-state index in [1.54, 1.807) is 29.2 Å². The summed E-state index contributed by atoms with van der Waals surface area (Å²) in [6.07, 6.45) is 0. The van der Waals surface area contributed by atoms with E-state index in [0.29, 0.717) is 37.0 Å². The van der Waals surface area contributed by atoms with Crippen LogP contribution in [0.1, 0.15) is 16.4 Å². The quantitative estimate of drug-likeness (QED) is 0.491. The van der Waals surface area contributed by atoms with Crippen molar-refractivity contribution in [3.63, 3.8) is 0 Å². The van der Waals surface area contributed by atoms with E-state index >= 15 is 0 Å². The summed E-state index contributed by atoms with van der Waals surface area (Å²) >= 11 is 2.31. The number of ether oxygens (including phenoxy) is 1. The zero-order valence-electron chi connectivity index (χ0n) is 19.2. The summed E-state index contributed by atoms with van der Waals surface area (Å²) in [5.41, 5.74) is 1.41. The van der Waals surface area contributed by atoms with Crippen LogP contribution < -0.4 is 9.77 Å². The highest BCUT2D eigenvalue weighted by Gasteiger charge is 2.56. The molecule has 184 valence electrons. The summed E-state index contributed by atoms with van der Waals surface area (Å²) in [7, 11) is 0. The molecule has 0 radical (unpaired) electrons. The van der Waals surface area contributed by atoms with E-state index in [-0.39, 0.29) is 29.1 Å². The van der Waals surface area contributed by atoms with Crippen LogP contribution in [-0.2, 0) is 25.7 Å². The average Bonchev–Trinajstić information content (AvgIpc) is 3.36. The van der Waals surface area contributed by atoms with Crippen LogP contribution in [0, 0.1) is 5.92 Å². The number of benzene rings is 2. The Morgan fingerprint density at radius 2 is 1.58 bits per heavy atom.